The molecule has 0 saturated heterocycles. The first-order valence-electron chi connectivity index (χ1n) is 5.82. The molecule has 5 heteroatoms. The van der Waals surface area contributed by atoms with Crippen molar-refractivity contribution in [1.82, 2.24) is 9.97 Å². The normalized spacial score (nSPS) is 17.5. The molecule has 18 heavy (non-hydrogen) atoms. The minimum Gasteiger partial charge on any atom is -0.508 e. The van der Waals surface area contributed by atoms with Crippen LogP contribution in [0.1, 0.15) is 23.8 Å². The number of nitrogens with one attached hydrogen (secondary N) is 1. The maximum Gasteiger partial charge on any atom is 0.137 e. The average Bonchev–Trinajstić information content (AvgIpc) is 2.76. The second kappa shape index (κ2) is 4.27. The molecule has 1 aliphatic rings. The first-order valence-corrected chi connectivity index (χ1v) is 5.82. The second-order valence-electron chi connectivity index (χ2n) is 4.31. The molecule has 1 aliphatic carbocycles. The molecule has 0 spiro atoms. The van der Waals surface area contributed by atoms with E-state index < -0.39 is 6.10 Å². The monoisotopic (exact) mass is 243 g/mol. The third-order valence-electron chi connectivity index (χ3n) is 3.09. The van der Waals surface area contributed by atoms with Crippen molar-refractivity contribution in [3.8, 4) is 5.75 Å². The SMILES string of the molecule is Oc1ccc(Nc2ncnc3c2CCC3O)cc1. The van der Waals surface area contributed by atoms with Gasteiger partial charge in [-0.3, -0.25) is 0 Å². The predicted molar refractivity (Wildman–Crippen MR) is 66.7 cm³/mol. The van der Waals surface area contributed by atoms with Crippen LogP contribution in [0.5, 0.6) is 5.75 Å². The lowest BCUT2D eigenvalue weighted by molar-refractivity contribution is 0.175. The van der Waals surface area contributed by atoms with E-state index in [4.69, 9.17) is 0 Å². The molecule has 0 amide bonds. The van der Waals surface area contributed by atoms with Gasteiger partial charge in [-0.1, -0.05) is 0 Å². The molecule has 0 saturated carbocycles. The van der Waals surface area contributed by atoms with Crippen LogP contribution in [0.25, 0.3) is 0 Å². The van der Waals surface area contributed by atoms with Crippen molar-refractivity contribution >= 4 is 11.5 Å². The molecule has 3 rings (SSSR count). The van der Waals surface area contributed by atoms with Gasteiger partial charge in [-0.2, -0.15) is 0 Å². The highest BCUT2D eigenvalue weighted by Gasteiger charge is 2.24. The molecule has 0 radical (unpaired) electrons. The molecule has 1 heterocycles. The van der Waals surface area contributed by atoms with Crippen LogP contribution in [-0.4, -0.2) is 20.2 Å². The van der Waals surface area contributed by atoms with E-state index >= 15 is 0 Å². The van der Waals surface area contributed by atoms with E-state index in [-0.39, 0.29) is 5.75 Å². The van der Waals surface area contributed by atoms with Crippen LogP contribution >= 0.6 is 0 Å². The molecule has 0 bridgehead atoms. The molecule has 1 unspecified atom stereocenters. The van der Waals surface area contributed by atoms with Crippen molar-refractivity contribution in [1.29, 1.82) is 0 Å². The summed E-state index contributed by atoms with van der Waals surface area (Å²) in [6.07, 6.45) is 2.44. The summed E-state index contributed by atoms with van der Waals surface area (Å²) in [6.45, 7) is 0. The molecule has 0 fully saturated rings. The van der Waals surface area contributed by atoms with Gasteiger partial charge in [0.25, 0.3) is 0 Å². The highest BCUT2D eigenvalue weighted by Crippen LogP contribution is 2.33. The number of phenolic OH excluding ortho intramolecular Hbond substituents is 1. The lowest BCUT2D eigenvalue weighted by Gasteiger charge is -2.10. The van der Waals surface area contributed by atoms with Crippen LogP contribution in [0.4, 0.5) is 11.5 Å². The molecule has 5 nitrogen and oxygen atoms in total. The van der Waals surface area contributed by atoms with Crippen LogP contribution in [-0.2, 0) is 6.42 Å². The van der Waals surface area contributed by atoms with Gasteiger partial charge in [-0.05, 0) is 37.1 Å². The van der Waals surface area contributed by atoms with Crippen molar-refractivity contribution in [2.75, 3.05) is 5.32 Å². The Labute approximate surface area is 104 Å². The third-order valence-corrected chi connectivity index (χ3v) is 3.09. The highest BCUT2D eigenvalue weighted by atomic mass is 16.3. The van der Waals surface area contributed by atoms with E-state index in [9.17, 15) is 10.2 Å². The number of hydrogen-bond donors (Lipinski definition) is 3. The number of phenols is 1. The highest BCUT2D eigenvalue weighted by molar-refractivity contribution is 5.61. The third kappa shape index (κ3) is 1.89. The van der Waals surface area contributed by atoms with Crippen molar-refractivity contribution in [3.63, 3.8) is 0 Å². The Hall–Kier alpha value is -2.14. The smallest absolute Gasteiger partial charge is 0.137 e. The summed E-state index contributed by atoms with van der Waals surface area (Å²) in [5, 5.41) is 22.2. The van der Waals surface area contributed by atoms with Crippen LogP contribution in [0.2, 0.25) is 0 Å². The number of rotatable bonds is 2. The molecule has 3 N–H and O–H groups in total. The van der Waals surface area contributed by atoms with E-state index in [0.717, 1.165) is 23.5 Å². The summed E-state index contributed by atoms with van der Waals surface area (Å²) < 4.78 is 0. The molecule has 1 aromatic carbocycles. The number of anilines is 2. The summed E-state index contributed by atoms with van der Waals surface area (Å²) in [4.78, 5) is 8.32. The zero-order chi connectivity index (χ0) is 12.5. The van der Waals surface area contributed by atoms with Crippen molar-refractivity contribution in [2.45, 2.75) is 18.9 Å². The van der Waals surface area contributed by atoms with Gasteiger partial charge in [-0.15, -0.1) is 0 Å². The van der Waals surface area contributed by atoms with Gasteiger partial charge in [0.05, 0.1) is 11.8 Å². The summed E-state index contributed by atoms with van der Waals surface area (Å²) in [5.41, 5.74) is 2.53. The van der Waals surface area contributed by atoms with Crippen molar-refractivity contribution < 1.29 is 10.2 Å². The van der Waals surface area contributed by atoms with Gasteiger partial charge in [0.1, 0.15) is 17.9 Å². The molecule has 1 atom stereocenters. The topological polar surface area (TPSA) is 78.3 Å². The largest absolute Gasteiger partial charge is 0.508 e. The van der Waals surface area contributed by atoms with Crippen LogP contribution < -0.4 is 5.32 Å². The van der Waals surface area contributed by atoms with Gasteiger partial charge < -0.3 is 15.5 Å². The Balaban J connectivity index is 1.92. The summed E-state index contributed by atoms with van der Waals surface area (Å²) in [6, 6.07) is 6.77. The first kappa shape index (κ1) is 11.0. The Morgan fingerprint density at radius 2 is 1.94 bits per heavy atom. The van der Waals surface area contributed by atoms with Crippen molar-refractivity contribution in [2.24, 2.45) is 0 Å². The molecular weight excluding hydrogens is 230 g/mol. The number of aliphatic hydroxyl groups excluding tert-OH is 1. The number of aliphatic hydroxyl groups is 1. The number of aromatic hydroxyl groups is 1. The molecule has 2 aromatic rings. The van der Waals surface area contributed by atoms with Crippen LogP contribution in [0.15, 0.2) is 30.6 Å². The molecule has 1 aromatic heterocycles. The Morgan fingerprint density at radius 3 is 2.72 bits per heavy atom. The maximum atomic E-state index is 9.76. The number of nitrogens with zero attached hydrogens (tertiary/aromatic N) is 2. The lowest BCUT2D eigenvalue weighted by atomic mass is 10.2. The Kier molecular flexibility index (Phi) is 2.60. The number of fused-ring (bicyclic) bond motifs is 1. The fraction of sp³-hybridized carbons (Fsp3) is 0.231. The minimum absolute atomic E-state index is 0.226. The van der Waals surface area contributed by atoms with Crippen LogP contribution in [0.3, 0.4) is 0 Å². The number of hydrogen-bond acceptors (Lipinski definition) is 5. The number of benzene rings is 1. The van der Waals surface area contributed by atoms with E-state index in [1.54, 1.807) is 24.3 Å². The fourth-order valence-corrected chi connectivity index (χ4v) is 2.17. The zero-order valence-corrected chi connectivity index (χ0v) is 9.67. The second-order valence-corrected chi connectivity index (χ2v) is 4.31. The zero-order valence-electron chi connectivity index (χ0n) is 9.67. The lowest BCUT2D eigenvalue weighted by Crippen LogP contribution is -2.01. The first-order chi connectivity index (χ1) is 8.74. The van der Waals surface area contributed by atoms with Crippen molar-refractivity contribution in [3.05, 3.63) is 41.9 Å². The molecule has 92 valence electrons. The standard InChI is InChI=1S/C13H13N3O2/c17-9-3-1-8(2-4-9)16-13-10-5-6-11(18)12(10)14-7-15-13/h1-4,7,11,17-18H,5-6H2,(H,14,15,16). The van der Waals surface area contributed by atoms with E-state index in [1.807, 2.05) is 0 Å². The molecular formula is C13H13N3O2. The van der Waals surface area contributed by atoms with E-state index in [2.05, 4.69) is 15.3 Å². The maximum absolute atomic E-state index is 9.76. The number of aromatic nitrogens is 2. The van der Waals surface area contributed by atoms with Gasteiger partial charge in [0.2, 0.25) is 0 Å². The summed E-state index contributed by atoms with van der Waals surface area (Å²) in [7, 11) is 0. The average molecular weight is 243 g/mol. The quantitative estimate of drug-likeness (QED) is 0.702. The summed E-state index contributed by atoms with van der Waals surface area (Å²) in [5.74, 6) is 0.950. The van der Waals surface area contributed by atoms with E-state index in [1.165, 1.54) is 6.33 Å². The fourth-order valence-electron chi connectivity index (χ4n) is 2.17. The van der Waals surface area contributed by atoms with Gasteiger partial charge >= 0.3 is 0 Å². The summed E-state index contributed by atoms with van der Waals surface area (Å²) >= 11 is 0. The van der Waals surface area contributed by atoms with Crippen LogP contribution in [0, 0.1) is 0 Å². The van der Waals surface area contributed by atoms with Gasteiger partial charge in [0.15, 0.2) is 0 Å². The molecule has 0 aliphatic heterocycles. The van der Waals surface area contributed by atoms with Gasteiger partial charge in [0, 0.05) is 11.3 Å². The predicted octanol–water partition coefficient (Wildman–Crippen LogP) is 1.91. The minimum atomic E-state index is -0.483. The van der Waals surface area contributed by atoms with E-state index in [0.29, 0.717) is 12.1 Å². The van der Waals surface area contributed by atoms with Gasteiger partial charge in [-0.25, -0.2) is 9.97 Å². The Morgan fingerprint density at radius 1 is 1.17 bits per heavy atom. The Bertz CT molecular complexity index is 569.